The molecule has 70 valence electrons. The third kappa shape index (κ3) is 2.47. The van der Waals surface area contributed by atoms with Gasteiger partial charge in [-0.1, -0.05) is 6.07 Å². The van der Waals surface area contributed by atoms with Crippen molar-refractivity contribution in [2.24, 2.45) is 0 Å². The number of ether oxygens (including phenoxy) is 1. The summed E-state index contributed by atoms with van der Waals surface area (Å²) in [5.74, 6) is 0.729. The number of phenols is 1. The normalized spacial score (nSPS) is 9.62. The molecule has 0 unspecified atom stereocenters. The second kappa shape index (κ2) is 4.50. The Morgan fingerprint density at radius 1 is 1.54 bits per heavy atom. The Balaban J connectivity index is 2.84. The number of rotatable bonds is 4. The molecule has 0 saturated carbocycles. The molecular weight excluding hydrogens is 168 g/mol. The molecule has 3 heteroatoms. The molecule has 13 heavy (non-hydrogen) atoms. The highest BCUT2D eigenvalue weighted by atomic mass is 16.5. The summed E-state index contributed by atoms with van der Waals surface area (Å²) in [5.41, 5.74) is 0.624. The Labute approximate surface area is 77.0 Å². The highest BCUT2D eigenvalue weighted by Crippen LogP contribution is 2.23. The van der Waals surface area contributed by atoms with Crippen molar-refractivity contribution >= 4 is 6.29 Å². The van der Waals surface area contributed by atoms with Gasteiger partial charge in [-0.05, 0) is 13.0 Å². The lowest BCUT2D eigenvalue weighted by Gasteiger charge is -2.05. The van der Waals surface area contributed by atoms with Crippen LogP contribution in [0.2, 0.25) is 0 Å². The summed E-state index contributed by atoms with van der Waals surface area (Å²) >= 11 is 0. The predicted octanol–water partition coefficient (Wildman–Crippen LogP) is 1.53. The van der Waals surface area contributed by atoms with E-state index in [0.717, 1.165) is 6.29 Å². The molecular formula is C10H12O3. The van der Waals surface area contributed by atoms with E-state index >= 15 is 0 Å². The van der Waals surface area contributed by atoms with Gasteiger partial charge in [-0.25, -0.2) is 0 Å². The Morgan fingerprint density at radius 3 is 2.85 bits per heavy atom. The van der Waals surface area contributed by atoms with Crippen molar-refractivity contribution in [3.05, 3.63) is 23.8 Å². The lowest BCUT2D eigenvalue weighted by atomic mass is 10.1. The standard InChI is InChI=1S/C10H12O3/c1-2-13-9-4-3-8(5-6-11)10(12)7-9/h3-4,6-7,12H,2,5H2,1H3. The summed E-state index contributed by atoms with van der Waals surface area (Å²) in [7, 11) is 0. The van der Waals surface area contributed by atoms with E-state index in [1.165, 1.54) is 6.07 Å². The van der Waals surface area contributed by atoms with Gasteiger partial charge in [0.05, 0.1) is 6.61 Å². The summed E-state index contributed by atoms with van der Waals surface area (Å²) in [6, 6.07) is 4.94. The smallest absolute Gasteiger partial charge is 0.124 e. The van der Waals surface area contributed by atoms with Gasteiger partial charge in [-0.2, -0.15) is 0 Å². The van der Waals surface area contributed by atoms with E-state index in [0.29, 0.717) is 17.9 Å². The van der Waals surface area contributed by atoms with Crippen molar-refractivity contribution in [2.45, 2.75) is 13.3 Å². The Morgan fingerprint density at radius 2 is 2.31 bits per heavy atom. The number of hydrogen-bond acceptors (Lipinski definition) is 3. The molecule has 0 aliphatic carbocycles. The molecule has 0 radical (unpaired) electrons. The zero-order valence-electron chi connectivity index (χ0n) is 7.49. The summed E-state index contributed by atoms with van der Waals surface area (Å²) in [4.78, 5) is 10.2. The van der Waals surface area contributed by atoms with Crippen LogP contribution in [0.3, 0.4) is 0 Å². The van der Waals surface area contributed by atoms with Crippen molar-refractivity contribution in [2.75, 3.05) is 6.61 Å². The van der Waals surface area contributed by atoms with Crippen molar-refractivity contribution in [1.29, 1.82) is 0 Å². The minimum atomic E-state index is 0.109. The molecule has 0 aromatic heterocycles. The second-order valence-electron chi connectivity index (χ2n) is 2.59. The van der Waals surface area contributed by atoms with Crippen LogP contribution in [0, 0.1) is 0 Å². The van der Waals surface area contributed by atoms with Gasteiger partial charge in [-0.15, -0.1) is 0 Å². The van der Waals surface area contributed by atoms with E-state index in [9.17, 15) is 9.90 Å². The SMILES string of the molecule is CCOc1ccc(CC=O)c(O)c1. The molecule has 1 aromatic rings. The molecule has 0 saturated heterocycles. The molecule has 1 aromatic carbocycles. The Bertz CT molecular complexity index is 294. The van der Waals surface area contributed by atoms with E-state index in [4.69, 9.17) is 4.74 Å². The maximum atomic E-state index is 10.2. The maximum absolute atomic E-state index is 10.2. The largest absolute Gasteiger partial charge is 0.508 e. The molecule has 1 N–H and O–H groups in total. The van der Waals surface area contributed by atoms with Crippen LogP contribution in [-0.2, 0) is 11.2 Å². The lowest BCUT2D eigenvalue weighted by molar-refractivity contribution is -0.107. The van der Waals surface area contributed by atoms with Crippen LogP contribution >= 0.6 is 0 Å². The number of benzene rings is 1. The van der Waals surface area contributed by atoms with Crippen LogP contribution in [0.4, 0.5) is 0 Å². The van der Waals surface area contributed by atoms with Crippen LogP contribution in [0.1, 0.15) is 12.5 Å². The monoisotopic (exact) mass is 180 g/mol. The summed E-state index contributed by atoms with van der Waals surface area (Å²) in [6.45, 7) is 2.43. The first kappa shape index (κ1) is 9.58. The Hall–Kier alpha value is -1.51. The molecule has 3 nitrogen and oxygen atoms in total. The van der Waals surface area contributed by atoms with Gasteiger partial charge < -0.3 is 14.6 Å². The summed E-state index contributed by atoms with van der Waals surface area (Å²) in [6.07, 6.45) is 0.994. The first-order valence-corrected chi connectivity index (χ1v) is 4.16. The maximum Gasteiger partial charge on any atom is 0.124 e. The minimum absolute atomic E-state index is 0.109. The fourth-order valence-electron chi connectivity index (χ4n) is 1.06. The fourth-order valence-corrected chi connectivity index (χ4v) is 1.06. The van der Waals surface area contributed by atoms with Crippen molar-refractivity contribution in [3.63, 3.8) is 0 Å². The third-order valence-corrected chi connectivity index (χ3v) is 1.67. The van der Waals surface area contributed by atoms with Gasteiger partial charge in [0.2, 0.25) is 0 Å². The van der Waals surface area contributed by atoms with E-state index in [-0.39, 0.29) is 12.2 Å². The van der Waals surface area contributed by atoms with Gasteiger partial charge in [0.25, 0.3) is 0 Å². The van der Waals surface area contributed by atoms with Gasteiger partial charge >= 0.3 is 0 Å². The van der Waals surface area contributed by atoms with Gasteiger partial charge in [0.1, 0.15) is 17.8 Å². The van der Waals surface area contributed by atoms with Gasteiger partial charge in [0, 0.05) is 18.1 Å². The number of aldehydes is 1. The molecule has 0 aliphatic heterocycles. The number of carbonyl (C=O) groups is 1. The van der Waals surface area contributed by atoms with Crippen LogP contribution in [0.15, 0.2) is 18.2 Å². The van der Waals surface area contributed by atoms with E-state index in [2.05, 4.69) is 0 Å². The third-order valence-electron chi connectivity index (χ3n) is 1.67. The van der Waals surface area contributed by atoms with Crippen molar-refractivity contribution in [1.82, 2.24) is 0 Å². The van der Waals surface area contributed by atoms with E-state index < -0.39 is 0 Å². The van der Waals surface area contributed by atoms with Crippen LogP contribution in [0.5, 0.6) is 11.5 Å². The molecule has 0 bridgehead atoms. The molecule has 0 aliphatic rings. The van der Waals surface area contributed by atoms with Crippen molar-refractivity contribution < 1.29 is 14.6 Å². The average Bonchev–Trinajstić information content (AvgIpc) is 2.10. The van der Waals surface area contributed by atoms with E-state index in [1.54, 1.807) is 12.1 Å². The van der Waals surface area contributed by atoms with Crippen LogP contribution < -0.4 is 4.74 Å². The zero-order valence-corrected chi connectivity index (χ0v) is 7.49. The number of phenolic OH excluding ortho intramolecular Hbond substituents is 1. The quantitative estimate of drug-likeness (QED) is 0.715. The van der Waals surface area contributed by atoms with Crippen LogP contribution in [0.25, 0.3) is 0 Å². The summed E-state index contributed by atoms with van der Waals surface area (Å²) in [5, 5.41) is 9.41. The highest BCUT2D eigenvalue weighted by Gasteiger charge is 2.01. The highest BCUT2D eigenvalue weighted by molar-refractivity contribution is 5.58. The molecule has 0 spiro atoms. The number of hydrogen-bond donors (Lipinski definition) is 1. The van der Waals surface area contributed by atoms with Gasteiger partial charge in [-0.3, -0.25) is 0 Å². The van der Waals surface area contributed by atoms with Gasteiger partial charge in [0.15, 0.2) is 0 Å². The van der Waals surface area contributed by atoms with Crippen LogP contribution in [-0.4, -0.2) is 18.0 Å². The number of carbonyl (C=O) groups excluding carboxylic acids is 1. The topological polar surface area (TPSA) is 46.5 Å². The molecule has 1 rings (SSSR count). The number of aromatic hydroxyl groups is 1. The Kier molecular flexibility index (Phi) is 3.31. The molecule has 0 atom stereocenters. The first-order chi connectivity index (χ1) is 6.27. The van der Waals surface area contributed by atoms with E-state index in [1.807, 2.05) is 6.92 Å². The average molecular weight is 180 g/mol. The lowest BCUT2D eigenvalue weighted by Crippen LogP contribution is -1.92. The minimum Gasteiger partial charge on any atom is -0.508 e. The zero-order chi connectivity index (χ0) is 9.68. The second-order valence-corrected chi connectivity index (χ2v) is 2.59. The first-order valence-electron chi connectivity index (χ1n) is 4.16. The van der Waals surface area contributed by atoms with Crippen molar-refractivity contribution in [3.8, 4) is 11.5 Å². The predicted molar refractivity (Wildman–Crippen MR) is 49.0 cm³/mol. The summed E-state index contributed by atoms with van der Waals surface area (Å²) < 4.78 is 5.17. The fraction of sp³-hybridized carbons (Fsp3) is 0.300. The molecule has 0 amide bonds. The molecule has 0 heterocycles. The molecule has 0 fully saturated rings.